The number of methoxy groups -OCH3 is 1. The van der Waals surface area contributed by atoms with Gasteiger partial charge in [0.25, 0.3) is 5.91 Å². The largest absolute Gasteiger partial charge is 0.497 e. The summed E-state index contributed by atoms with van der Waals surface area (Å²) < 4.78 is 6.91. The van der Waals surface area contributed by atoms with Crippen LogP contribution in [0.3, 0.4) is 0 Å². The van der Waals surface area contributed by atoms with Crippen molar-refractivity contribution in [2.24, 2.45) is 0 Å². The minimum Gasteiger partial charge on any atom is -0.497 e. The molecule has 0 radical (unpaired) electrons. The zero-order chi connectivity index (χ0) is 13.2. The first-order chi connectivity index (χ1) is 9.28. The first-order valence-corrected chi connectivity index (χ1v) is 6.28. The number of nitrogens with one attached hydrogen (secondary N) is 1. The van der Waals surface area contributed by atoms with Gasteiger partial charge in [0, 0.05) is 18.7 Å². The molecule has 0 bridgehead atoms. The number of nitrogens with zero attached hydrogens (tertiary/aromatic N) is 2. The van der Waals surface area contributed by atoms with Gasteiger partial charge in [0.2, 0.25) is 0 Å². The summed E-state index contributed by atoms with van der Waals surface area (Å²) in [6, 6.07) is 9.50. The van der Waals surface area contributed by atoms with Crippen LogP contribution >= 0.6 is 0 Å². The minimum atomic E-state index is -0.0511. The van der Waals surface area contributed by atoms with Gasteiger partial charge in [-0.15, -0.1) is 0 Å². The van der Waals surface area contributed by atoms with E-state index in [1.807, 2.05) is 30.3 Å². The molecule has 0 aliphatic carbocycles. The minimum absolute atomic E-state index is 0.0511. The van der Waals surface area contributed by atoms with Gasteiger partial charge in [-0.25, -0.2) is 0 Å². The van der Waals surface area contributed by atoms with E-state index in [0.29, 0.717) is 12.2 Å². The Hall–Kier alpha value is -2.30. The fourth-order valence-corrected chi connectivity index (χ4v) is 2.19. The third-order valence-electron chi connectivity index (χ3n) is 3.23. The van der Waals surface area contributed by atoms with E-state index in [1.54, 1.807) is 11.8 Å². The fraction of sp³-hybridized carbons (Fsp3) is 0.286. The molecule has 0 saturated heterocycles. The topological polar surface area (TPSA) is 56.1 Å². The van der Waals surface area contributed by atoms with Crippen LogP contribution in [0.1, 0.15) is 16.9 Å². The molecule has 2 aromatic rings. The van der Waals surface area contributed by atoms with Crippen molar-refractivity contribution in [1.82, 2.24) is 15.1 Å². The lowest BCUT2D eigenvalue weighted by molar-refractivity contribution is 0.0950. The Kier molecular flexibility index (Phi) is 2.95. The van der Waals surface area contributed by atoms with Gasteiger partial charge in [0.05, 0.1) is 12.8 Å². The van der Waals surface area contributed by atoms with Crippen LogP contribution < -0.4 is 10.1 Å². The molecule has 0 saturated carbocycles. The van der Waals surface area contributed by atoms with Crippen LogP contribution in [0.15, 0.2) is 30.3 Å². The molecule has 3 rings (SSSR count). The Bertz CT molecular complexity index is 602. The normalized spacial score (nSPS) is 14.5. The van der Waals surface area contributed by atoms with Crippen molar-refractivity contribution >= 4 is 5.91 Å². The number of carbonyl (C=O) groups is 1. The van der Waals surface area contributed by atoms with Gasteiger partial charge in [-0.1, -0.05) is 0 Å². The summed E-state index contributed by atoms with van der Waals surface area (Å²) >= 11 is 0. The molecular weight excluding hydrogens is 242 g/mol. The van der Waals surface area contributed by atoms with Gasteiger partial charge >= 0.3 is 0 Å². The van der Waals surface area contributed by atoms with Crippen LogP contribution in [-0.2, 0) is 6.54 Å². The van der Waals surface area contributed by atoms with Crippen LogP contribution in [-0.4, -0.2) is 29.3 Å². The van der Waals surface area contributed by atoms with Gasteiger partial charge < -0.3 is 10.1 Å². The molecule has 1 aliphatic rings. The number of ether oxygens (including phenoxy) is 1. The molecule has 5 heteroatoms. The number of rotatable bonds is 2. The zero-order valence-corrected chi connectivity index (χ0v) is 10.7. The quantitative estimate of drug-likeness (QED) is 0.890. The Labute approximate surface area is 111 Å². The van der Waals surface area contributed by atoms with Crippen molar-refractivity contribution in [3.63, 3.8) is 0 Å². The van der Waals surface area contributed by atoms with Gasteiger partial charge in [-0.05, 0) is 36.8 Å². The second-order valence-electron chi connectivity index (χ2n) is 4.48. The number of aryl methyl sites for hydroxylation is 1. The third-order valence-corrected chi connectivity index (χ3v) is 3.23. The molecule has 2 heterocycles. The number of aromatic nitrogens is 2. The lowest BCUT2D eigenvalue weighted by Gasteiger charge is -2.01. The molecule has 1 aromatic heterocycles. The number of amides is 1. The molecule has 0 fully saturated rings. The predicted molar refractivity (Wildman–Crippen MR) is 71.2 cm³/mol. The first-order valence-electron chi connectivity index (χ1n) is 6.28. The highest BCUT2D eigenvalue weighted by atomic mass is 16.5. The van der Waals surface area contributed by atoms with Crippen molar-refractivity contribution in [2.45, 2.75) is 13.0 Å². The SMILES string of the molecule is COc1ccc(-c2cc3n(n2)CCCNC3=O)cc1. The summed E-state index contributed by atoms with van der Waals surface area (Å²) in [4.78, 5) is 11.9. The molecule has 1 N–H and O–H groups in total. The molecule has 1 aliphatic heterocycles. The Balaban J connectivity index is 1.97. The van der Waals surface area contributed by atoms with Crippen molar-refractivity contribution in [1.29, 1.82) is 0 Å². The Morgan fingerprint density at radius 2 is 2.11 bits per heavy atom. The van der Waals surface area contributed by atoms with Crippen LogP contribution in [0.2, 0.25) is 0 Å². The lowest BCUT2D eigenvalue weighted by atomic mass is 10.1. The first kappa shape index (κ1) is 11.8. The van der Waals surface area contributed by atoms with E-state index in [0.717, 1.165) is 30.0 Å². The number of benzene rings is 1. The number of carbonyl (C=O) groups excluding carboxylic acids is 1. The van der Waals surface area contributed by atoms with Crippen molar-refractivity contribution < 1.29 is 9.53 Å². The zero-order valence-electron chi connectivity index (χ0n) is 10.7. The second-order valence-corrected chi connectivity index (χ2v) is 4.48. The average Bonchev–Trinajstić information content (AvgIpc) is 2.80. The molecule has 98 valence electrons. The smallest absolute Gasteiger partial charge is 0.269 e. The van der Waals surface area contributed by atoms with Gasteiger partial charge in [-0.3, -0.25) is 9.48 Å². The second kappa shape index (κ2) is 4.76. The molecule has 1 aromatic carbocycles. The van der Waals surface area contributed by atoms with E-state index in [-0.39, 0.29) is 5.91 Å². The summed E-state index contributed by atoms with van der Waals surface area (Å²) in [5, 5.41) is 7.37. The van der Waals surface area contributed by atoms with E-state index < -0.39 is 0 Å². The third kappa shape index (κ3) is 2.19. The maximum atomic E-state index is 11.9. The van der Waals surface area contributed by atoms with Crippen molar-refractivity contribution in [2.75, 3.05) is 13.7 Å². The van der Waals surface area contributed by atoms with Crippen LogP contribution in [0, 0.1) is 0 Å². The van der Waals surface area contributed by atoms with E-state index in [2.05, 4.69) is 10.4 Å². The number of fused-ring (bicyclic) bond motifs is 1. The summed E-state index contributed by atoms with van der Waals surface area (Å²) in [6.07, 6.45) is 0.905. The van der Waals surface area contributed by atoms with E-state index in [1.165, 1.54) is 0 Å². The standard InChI is InChI=1S/C14H15N3O2/c1-19-11-5-3-10(4-6-11)12-9-13-14(18)15-7-2-8-17(13)16-12/h3-6,9H,2,7-8H2,1H3,(H,15,18). The predicted octanol–water partition coefficient (Wildman–Crippen LogP) is 1.69. The van der Waals surface area contributed by atoms with Crippen molar-refractivity contribution in [3.8, 4) is 17.0 Å². The molecule has 19 heavy (non-hydrogen) atoms. The van der Waals surface area contributed by atoms with Crippen LogP contribution in [0.5, 0.6) is 5.75 Å². The highest BCUT2D eigenvalue weighted by Gasteiger charge is 2.18. The van der Waals surface area contributed by atoms with Gasteiger partial charge in [-0.2, -0.15) is 5.10 Å². The van der Waals surface area contributed by atoms with Gasteiger partial charge in [0.15, 0.2) is 0 Å². The summed E-state index contributed by atoms with van der Waals surface area (Å²) in [6.45, 7) is 1.48. The van der Waals surface area contributed by atoms with Gasteiger partial charge in [0.1, 0.15) is 11.4 Å². The monoisotopic (exact) mass is 257 g/mol. The maximum absolute atomic E-state index is 11.9. The number of hydrogen-bond donors (Lipinski definition) is 1. The highest BCUT2D eigenvalue weighted by Crippen LogP contribution is 2.22. The molecule has 5 nitrogen and oxygen atoms in total. The molecular formula is C14H15N3O2. The molecule has 0 atom stereocenters. The van der Waals surface area contributed by atoms with Crippen molar-refractivity contribution in [3.05, 3.63) is 36.0 Å². The Morgan fingerprint density at radius 1 is 1.32 bits per heavy atom. The van der Waals surface area contributed by atoms with Crippen LogP contribution in [0.25, 0.3) is 11.3 Å². The Morgan fingerprint density at radius 3 is 2.84 bits per heavy atom. The van der Waals surface area contributed by atoms with Crippen LogP contribution in [0.4, 0.5) is 0 Å². The molecule has 0 unspecified atom stereocenters. The van der Waals surface area contributed by atoms with E-state index in [9.17, 15) is 4.79 Å². The summed E-state index contributed by atoms with van der Waals surface area (Å²) in [5.74, 6) is 0.757. The summed E-state index contributed by atoms with van der Waals surface area (Å²) in [7, 11) is 1.64. The molecule has 1 amide bonds. The highest BCUT2D eigenvalue weighted by molar-refractivity contribution is 5.93. The lowest BCUT2D eigenvalue weighted by Crippen LogP contribution is -2.22. The fourth-order valence-electron chi connectivity index (χ4n) is 2.19. The molecule has 0 spiro atoms. The summed E-state index contributed by atoms with van der Waals surface area (Å²) in [5.41, 5.74) is 2.42. The van der Waals surface area contributed by atoms with E-state index in [4.69, 9.17) is 4.74 Å². The number of hydrogen-bond acceptors (Lipinski definition) is 3. The van der Waals surface area contributed by atoms with E-state index >= 15 is 0 Å². The maximum Gasteiger partial charge on any atom is 0.269 e. The average molecular weight is 257 g/mol.